The zero-order valence-corrected chi connectivity index (χ0v) is 14.5. The predicted octanol–water partition coefficient (Wildman–Crippen LogP) is 2.85. The third-order valence-electron chi connectivity index (χ3n) is 4.66. The summed E-state index contributed by atoms with van der Waals surface area (Å²) in [4.78, 5) is 17.7. The average Bonchev–Trinajstić information content (AvgIpc) is 3.29. The van der Waals surface area contributed by atoms with E-state index in [4.69, 9.17) is 14.5 Å². The second-order valence-corrected chi connectivity index (χ2v) is 7.40. The maximum absolute atomic E-state index is 13.0. The van der Waals surface area contributed by atoms with Crippen molar-refractivity contribution in [3.05, 3.63) is 34.6 Å². The largest absolute Gasteiger partial charge is 0.377 e. The van der Waals surface area contributed by atoms with Crippen LogP contribution < -0.4 is 5.56 Å². The third kappa shape index (κ3) is 3.36. The second kappa shape index (κ2) is 7.25. The smallest absolute Gasteiger partial charge is 0.262 e. The molecule has 4 rings (SSSR count). The number of nitrogens with zero attached hydrogens (tertiary/aromatic N) is 2. The number of hydrogen-bond acceptors (Lipinski definition) is 5. The summed E-state index contributed by atoms with van der Waals surface area (Å²) in [7, 11) is 0. The normalized spacial score (nSPS) is 24.0. The Bertz CT molecular complexity index is 764. The molecule has 3 heterocycles. The van der Waals surface area contributed by atoms with Crippen LogP contribution in [0.25, 0.3) is 10.9 Å². The molecule has 0 bridgehead atoms. The molecule has 1 aromatic heterocycles. The number of hydrogen-bond donors (Lipinski definition) is 0. The van der Waals surface area contributed by atoms with E-state index < -0.39 is 0 Å². The molecule has 2 aliphatic rings. The molecular weight excluding hydrogens is 324 g/mol. The SMILES string of the molecule is O=c1c2ccccc2nc(SC[C@@H]2CCCO2)n1C[C@@H]1CCCO1. The molecule has 0 radical (unpaired) electrons. The number of fused-ring (bicyclic) bond motifs is 1. The lowest BCUT2D eigenvalue weighted by atomic mass is 10.2. The Morgan fingerprint density at radius 2 is 1.88 bits per heavy atom. The summed E-state index contributed by atoms with van der Waals surface area (Å²) in [6.45, 7) is 2.22. The van der Waals surface area contributed by atoms with Crippen molar-refractivity contribution < 1.29 is 9.47 Å². The van der Waals surface area contributed by atoms with Crippen LogP contribution in [0.5, 0.6) is 0 Å². The van der Waals surface area contributed by atoms with Gasteiger partial charge in [0.05, 0.1) is 29.7 Å². The molecule has 128 valence electrons. The first kappa shape index (κ1) is 16.1. The lowest BCUT2D eigenvalue weighted by Crippen LogP contribution is -2.29. The Balaban J connectivity index is 1.66. The fourth-order valence-electron chi connectivity index (χ4n) is 3.35. The highest BCUT2D eigenvalue weighted by Crippen LogP contribution is 2.24. The number of aromatic nitrogens is 2. The predicted molar refractivity (Wildman–Crippen MR) is 94.7 cm³/mol. The van der Waals surface area contributed by atoms with Crippen LogP contribution in [-0.2, 0) is 16.0 Å². The molecule has 0 aliphatic carbocycles. The molecule has 0 saturated carbocycles. The minimum Gasteiger partial charge on any atom is -0.377 e. The molecule has 0 amide bonds. The molecule has 1 aromatic carbocycles. The molecule has 2 aromatic rings. The van der Waals surface area contributed by atoms with Crippen LogP contribution in [0.4, 0.5) is 0 Å². The van der Waals surface area contributed by atoms with Gasteiger partial charge in [-0.05, 0) is 37.8 Å². The highest BCUT2D eigenvalue weighted by atomic mass is 32.2. The third-order valence-corrected chi connectivity index (χ3v) is 5.77. The molecule has 2 atom stereocenters. The molecule has 24 heavy (non-hydrogen) atoms. The fraction of sp³-hybridized carbons (Fsp3) is 0.556. The Morgan fingerprint density at radius 3 is 2.62 bits per heavy atom. The van der Waals surface area contributed by atoms with Crippen LogP contribution in [-0.4, -0.2) is 40.7 Å². The van der Waals surface area contributed by atoms with E-state index in [1.807, 2.05) is 24.3 Å². The van der Waals surface area contributed by atoms with Gasteiger partial charge in [-0.1, -0.05) is 23.9 Å². The van der Waals surface area contributed by atoms with Gasteiger partial charge in [0.15, 0.2) is 5.16 Å². The quantitative estimate of drug-likeness (QED) is 0.615. The molecule has 2 aliphatic heterocycles. The molecule has 5 nitrogen and oxygen atoms in total. The van der Waals surface area contributed by atoms with Crippen molar-refractivity contribution in [2.75, 3.05) is 19.0 Å². The summed E-state index contributed by atoms with van der Waals surface area (Å²) >= 11 is 1.63. The second-order valence-electron chi connectivity index (χ2n) is 6.41. The number of thioether (sulfide) groups is 1. The highest BCUT2D eigenvalue weighted by molar-refractivity contribution is 7.99. The van der Waals surface area contributed by atoms with Crippen molar-refractivity contribution in [1.29, 1.82) is 0 Å². The first-order chi connectivity index (χ1) is 11.8. The van der Waals surface area contributed by atoms with E-state index in [2.05, 4.69) is 0 Å². The summed E-state index contributed by atoms with van der Waals surface area (Å²) in [6.07, 6.45) is 4.69. The maximum Gasteiger partial charge on any atom is 0.262 e. The summed E-state index contributed by atoms with van der Waals surface area (Å²) in [5.41, 5.74) is 0.798. The van der Waals surface area contributed by atoms with Crippen molar-refractivity contribution in [3.8, 4) is 0 Å². The van der Waals surface area contributed by atoms with Gasteiger partial charge in [-0.3, -0.25) is 9.36 Å². The van der Waals surface area contributed by atoms with Crippen molar-refractivity contribution in [1.82, 2.24) is 9.55 Å². The summed E-state index contributed by atoms with van der Waals surface area (Å²) in [5.74, 6) is 0.844. The van der Waals surface area contributed by atoms with Gasteiger partial charge in [0.25, 0.3) is 5.56 Å². The van der Waals surface area contributed by atoms with Gasteiger partial charge in [0.1, 0.15) is 0 Å². The first-order valence-corrected chi connectivity index (χ1v) is 9.65. The van der Waals surface area contributed by atoms with E-state index in [0.29, 0.717) is 11.9 Å². The molecule has 0 N–H and O–H groups in total. The van der Waals surface area contributed by atoms with Crippen LogP contribution in [0.3, 0.4) is 0 Å². The number of para-hydroxylation sites is 1. The fourth-order valence-corrected chi connectivity index (χ4v) is 4.43. The molecular formula is C18H22N2O3S. The highest BCUT2D eigenvalue weighted by Gasteiger charge is 2.22. The van der Waals surface area contributed by atoms with Gasteiger partial charge >= 0.3 is 0 Å². The Morgan fingerprint density at radius 1 is 1.12 bits per heavy atom. The molecule has 2 fully saturated rings. The van der Waals surface area contributed by atoms with Gasteiger partial charge in [0.2, 0.25) is 0 Å². The van der Waals surface area contributed by atoms with Crippen molar-refractivity contribution in [2.45, 2.75) is 49.6 Å². The van der Waals surface area contributed by atoms with Crippen LogP contribution in [0.2, 0.25) is 0 Å². The van der Waals surface area contributed by atoms with Crippen molar-refractivity contribution in [3.63, 3.8) is 0 Å². The van der Waals surface area contributed by atoms with E-state index in [0.717, 1.165) is 55.3 Å². The van der Waals surface area contributed by atoms with E-state index in [9.17, 15) is 4.79 Å². The molecule has 2 saturated heterocycles. The van der Waals surface area contributed by atoms with Gasteiger partial charge in [-0.2, -0.15) is 0 Å². The number of rotatable bonds is 5. The lowest BCUT2D eigenvalue weighted by molar-refractivity contribution is 0.0937. The topological polar surface area (TPSA) is 53.3 Å². The number of benzene rings is 1. The van der Waals surface area contributed by atoms with Crippen LogP contribution in [0.15, 0.2) is 34.2 Å². The summed E-state index contributed by atoms with van der Waals surface area (Å²) < 4.78 is 13.2. The van der Waals surface area contributed by atoms with Crippen molar-refractivity contribution >= 4 is 22.7 Å². The monoisotopic (exact) mass is 346 g/mol. The first-order valence-electron chi connectivity index (χ1n) is 8.67. The van der Waals surface area contributed by atoms with Gasteiger partial charge in [0, 0.05) is 19.0 Å². The Labute approximate surface area is 145 Å². The minimum absolute atomic E-state index is 0.0333. The van der Waals surface area contributed by atoms with Crippen LogP contribution >= 0.6 is 11.8 Å². The van der Waals surface area contributed by atoms with Crippen LogP contribution in [0, 0.1) is 0 Å². The van der Waals surface area contributed by atoms with E-state index in [1.165, 1.54) is 0 Å². The standard InChI is InChI=1S/C18H22N2O3S/c21-17-15-7-1-2-8-16(15)19-18(24-12-14-6-4-10-23-14)20(17)11-13-5-3-9-22-13/h1-2,7-8,13-14H,3-6,9-12H2/t13-,14-/m0/s1. The summed E-state index contributed by atoms with van der Waals surface area (Å²) in [6, 6.07) is 7.57. The Hall–Kier alpha value is -1.37. The van der Waals surface area contributed by atoms with Crippen LogP contribution in [0.1, 0.15) is 25.7 Å². The zero-order valence-electron chi connectivity index (χ0n) is 13.6. The lowest BCUT2D eigenvalue weighted by Gasteiger charge is -2.17. The number of ether oxygens (including phenoxy) is 2. The van der Waals surface area contributed by atoms with E-state index in [1.54, 1.807) is 16.3 Å². The minimum atomic E-state index is 0.0333. The van der Waals surface area contributed by atoms with E-state index in [-0.39, 0.29) is 17.8 Å². The van der Waals surface area contributed by atoms with E-state index >= 15 is 0 Å². The van der Waals surface area contributed by atoms with Crippen molar-refractivity contribution in [2.24, 2.45) is 0 Å². The average molecular weight is 346 g/mol. The molecule has 6 heteroatoms. The zero-order chi connectivity index (χ0) is 16.4. The molecule has 0 spiro atoms. The maximum atomic E-state index is 13.0. The van der Waals surface area contributed by atoms with Gasteiger partial charge < -0.3 is 9.47 Å². The van der Waals surface area contributed by atoms with Gasteiger partial charge in [-0.25, -0.2) is 4.98 Å². The molecule has 0 unspecified atom stereocenters. The Kier molecular flexibility index (Phi) is 4.87. The van der Waals surface area contributed by atoms with Gasteiger partial charge in [-0.15, -0.1) is 0 Å². The summed E-state index contributed by atoms with van der Waals surface area (Å²) in [5, 5.41) is 1.46.